The summed E-state index contributed by atoms with van der Waals surface area (Å²) in [6.07, 6.45) is 0. The van der Waals surface area contributed by atoms with Crippen molar-refractivity contribution >= 4 is 70.8 Å². The van der Waals surface area contributed by atoms with E-state index in [-0.39, 0.29) is 0 Å². The van der Waals surface area contributed by atoms with Crippen LogP contribution < -0.4 is 0 Å². The summed E-state index contributed by atoms with van der Waals surface area (Å²) >= 11 is 0. The van der Waals surface area contributed by atoms with E-state index in [1.165, 1.54) is 48.7 Å². The lowest BCUT2D eigenvalue weighted by Gasteiger charge is -2.11. The topological polar surface area (TPSA) is 56.2 Å². The first-order valence-corrected chi connectivity index (χ1v) is 20.3. The maximum atomic E-state index is 6.47. The van der Waals surface area contributed by atoms with Gasteiger partial charge in [-0.05, 0) is 93.0 Å². The molecule has 0 bridgehead atoms. The van der Waals surface area contributed by atoms with Gasteiger partial charge in [0, 0.05) is 38.2 Å². The summed E-state index contributed by atoms with van der Waals surface area (Å²) in [7, 11) is 0. The fourth-order valence-electron chi connectivity index (χ4n) is 9.35. The van der Waals surface area contributed by atoms with Crippen molar-refractivity contribution in [2.24, 2.45) is 0 Å². The molecule has 0 radical (unpaired) electrons. The van der Waals surface area contributed by atoms with Gasteiger partial charge < -0.3 is 8.82 Å². The van der Waals surface area contributed by atoms with Crippen molar-refractivity contribution in [1.82, 2.24) is 19.4 Å². The minimum absolute atomic E-state index is 0.623. The summed E-state index contributed by atoms with van der Waals surface area (Å²) in [6, 6.07) is 68.6. The molecule has 5 nitrogen and oxygen atoms in total. The van der Waals surface area contributed by atoms with Gasteiger partial charge in [-0.25, -0.2) is 15.0 Å². The van der Waals surface area contributed by atoms with Crippen molar-refractivity contribution < 1.29 is 4.42 Å². The van der Waals surface area contributed by atoms with Crippen molar-refractivity contribution in [3.05, 3.63) is 194 Å². The van der Waals surface area contributed by atoms with Crippen LogP contribution in [-0.2, 0) is 0 Å². The quantitative estimate of drug-likeness (QED) is 0.175. The second-order valence-electron chi connectivity index (χ2n) is 15.6. The molecule has 0 fully saturated rings. The molecule has 4 heterocycles. The molecule has 0 saturated carbocycles. The summed E-state index contributed by atoms with van der Waals surface area (Å²) in [4.78, 5) is 15.3. The summed E-state index contributed by atoms with van der Waals surface area (Å²) in [6.45, 7) is 0. The number of benzene rings is 9. The highest BCUT2D eigenvalue weighted by molar-refractivity contribution is 6.31. The van der Waals surface area contributed by atoms with Crippen LogP contribution in [0, 0.1) is 0 Å². The van der Waals surface area contributed by atoms with Gasteiger partial charge >= 0.3 is 0 Å². The first-order valence-electron chi connectivity index (χ1n) is 20.3. The Morgan fingerprint density at radius 1 is 0.317 bits per heavy atom. The molecule has 13 aromatic rings. The molecule has 0 aliphatic rings. The second kappa shape index (κ2) is 12.7. The molecule has 0 spiro atoms. The number of nitrogens with zero attached hydrogens (tertiary/aromatic N) is 4. The van der Waals surface area contributed by atoms with Crippen molar-refractivity contribution in [2.75, 3.05) is 0 Å². The van der Waals surface area contributed by atoms with Crippen LogP contribution in [0.15, 0.2) is 199 Å². The van der Waals surface area contributed by atoms with Gasteiger partial charge in [-0.3, -0.25) is 0 Å². The van der Waals surface area contributed by atoms with Crippen molar-refractivity contribution in [1.29, 1.82) is 0 Å². The zero-order valence-corrected chi connectivity index (χ0v) is 32.2. The van der Waals surface area contributed by atoms with E-state index in [9.17, 15) is 0 Å². The molecular formula is C55H32N4O. The van der Waals surface area contributed by atoms with Gasteiger partial charge in [0.2, 0.25) is 0 Å². The summed E-state index contributed by atoms with van der Waals surface area (Å²) < 4.78 is 8.91. The normalized spacial score (nSPS) is 12.0. The van der Waals surface area contributed by atoms with Crippen LogP contribution in [0.2, 0.25) is 0 Å². The number of furan rings is 1. The van der Waals surface area contributed by atoms with E-state index in [0.717, 1.165) is 61.0 Å². The number of rotatable bonds is 5. The van der Waals surface area contributed by atoms with Crippen LogP contribution >= 0.6 is 0 Å². The number of hydrogen-bond donors (Lipinski definition) is 0. The summed E-state index contributed by atoms with van der Waals surface area (Å²) in [5, 5.41) is 9.56. The lowest BCUT2D eigenvalue weighted by atomic mass is 9.99. The molecule has 0 atom stereocenters. The number of fused-ring (bicyclic) bond motifs is 7. The molecule has 0 aliphatic heterocycles. The van der Waals surface area contributed by atoms with Gasteiger partial charge in [-0.2, -0.15) is 0 Å². The van der Waals surface area contributed by atoms with Gasteiger partial charge in [0.15, 0.2) is 17.5 Å². The summed E-state index contributed by atoms with van der Waals surface area (Å²) in [5.41, 5.74) is 12.6. The van der Waals surface area contributed by atoms with Crippen molar-refractivity contribution in [3.8, 4) is 56.4 Å². The minimum atomic E-state index is 0.623. The molecule has 278 valence electrons. The Bertz CT molecular complexity index is 3830. The van der Waals surface area contributed by atoms with Gasteiger partial charge in [0.25, 0.3) is 0 Å². The molecule has 4 aromatic heterocycles. The third kappa shape index (κ3) is 4.96. The lowest BCUT2D eigenvalue weighted by molar-refractivity contribution is 0.669. The van der Waals surface area contributed by atoms with Gasteiger partial charge in [0.05, 0.1) is 21.9 Å². The van der Waals surface area contributed by atoms with E-state index in [1.54, 1.807) is 0 Å². The van der Waals surface area contributed by atoms with Gasteiger partial charge in [-0.1, -0.05) is 140 Å². The van der Waals surface area contributed by atoms with Crippen molar-refractivity contribution in [2.45, 2.75) is 0 Å². The van der Waals surface area contributed by atoms with Crippen LogP contribution in [0.3, 0.4) is 0 Å². The first kappa shape index (κ1) is 32.9. The highest BCUT2D eigenvalue weighted by Gasteiger charge is 2.22. The number of aromatic nitrogens is 4. The highest BCUT2D eigenvalue weighted by atomic mass is 16.3. The summed E-state index contributed by atoms with van der Waals surface area (Å²) in [5.74, 6) is 1.89. The van der Waals surface area contributed by atoms with Crippen LogP contribution in [-0.4, -0.2) is 19.4 Å². The Morgan fingerprint density at radius 2 is 0.883 bits per heavy atom. The Morgan fingerprint density at radius 3 is 1.68 bits per heavy atom. The van der Waals surface area contributed by atoms with E-state index >= 15 is 0 Å². The number of para-hydroxylation sites is 1. The van der Waals surface area contributed by atoms with E-state index in [2.05, 4.69) is 180 Å². The molecule has 0 aliphatic carbocycles. The lowest BCUT2D eigenvalue weighted by Crippen LogP contribution is -2.00. The van der Waals surface area contributed by atoms with E-state index < -0.39 is 0 Å². The molecule has 0 saturated heterocycles. The molecule has 9 aromatic carbocycles. The highest BCUT2D eigenvalue weighted by Crippen LogP contribution is 2.45. The molecule has 0 N–H and O–H groups in total. The van der Waals surface area contributed by atoms with Crippen molar-refractivity contribution in [3.63, 3.8) is 0 Å². The maximum Gasteiger partial charge on any atom is 0.164 e. The van der Waals surface area contributed by atoms with E-state index in [1.807, 2.05) is 18.2 Å². The number of hydrogen-bond acceptors (Lipinski definition) is 4. The molecule has 0 unspecified atom stereocenters. The predicted molar refractivity (Wildman–Crippen MR) is 246 cm³/mol. The molecule has 0 amide bonds. The predicted octanol–water partition coefficient (Wildman–Crippen LogP) is 14.4. The largest absolute Gasteiger partial charge is 0.456 e. The fourth-order valence-corrected chi connectivity index (χ4v) is 9.35. The Hall–Kier alpha value is -8.15. The fraction of sp³-hybridized carbons (Fsp3) is 0. The van der Waals surface area contributed by atoms with Crippen LogP contribution in [0.25, 0.3) is 127 Å². The van der Waals surface area contributed by atoms with Crippen LogP contribution in [0.4, 0.5) is 0 Å². The minimum Gasteiger partial charge on any atom is -0.456 e. The van der Waals surface area contributed by atoms with E-state index in [4.69, 9.17) is 19.4 Å². The first-order chi connectivity index (χ1) is 29.7. The average Bonchev–Trinajstić information content (AvgIpc) is 3.83. The molecule has 13 rings (SSSR count). The second-order valence-corrected chi connectivity index (χ2v) is 15.6. The van der Waals surface area contributed by atoms with Crippen LogP contribution in [0.1, 0.15) is 0 Å². The Labute approximate surface area is 343 Å². The Balaban J connectivity index is 0.966. The smallest absolute Gasteiger partial charge is 0.164 e. The zero-order valence-electron chi connectivity index (χ0n) is 32.2. The maximum absolute atomic E-state index is 6.47. The van der Waals surface area contributed by atoms with Gasteiger partial charge in [0.1, 0.15) is 11.2 Å². The standard InChI is InChI=1S/C55H32N4O/c1-2-12-34(13-3-1)53-56-54(40-17-8-15-36(30-40)38-24-23-33-11-4-5-14-35(33)29-38)58-55(57-53)41-18-9-16-37(31-41)39-25-27-47-45(32-39)44-26-28-49-51-50-43(20-10-22-48(50)60-49)42-19-6-7-21-46(42)59(47)52(44)51/h1-32H. The average molecular weight is 765 g/mol. The van der Waals surface area contributed by atoms with Crippen LogP contribution in [0.5, 0.6) is 0 Å². The molecule has 5 heteroatoms. The van der Waals surface area contributed by atoms with E-state index in [0.29, 0.717) is 17.5 Å². The van der Waals surface area contributed by atoms with Gasteiger partial charge in [-0.15, -0.1) is 0 Å². The molecule has 60 heavy (non-hydrogen) atoms. The third-order valence-electron chi connectivity index (χ3n) is 12.1. The SMILES string of the molecule is c1ccc(-c2nc(-c3cccc(-c4ccc5ccccc5c4)c3)nc(-c3cccc(-c4ccc5c(c4)c4ccc6oc7cccc8c9ccccc9n5c4c6c78)c3)n2)cc1. The monoisotopic (exact) mass is 764 g/mol. The third-order valence-corrected chi connectivity index (χ3v) is 12.1. The zero-order chi connectivity index (χ0) is 39.3. The molecular weight excluding hydrogens is 733 g/mol. The Kier molecular flexibility index (Phi) is 6.95.